The molecule has 1 aromatic rings. The van der Waals surface area contributed by atoms with Crippen LogP contribution in [0.25, 0.3) is 0 Å². The van der Waals surface area contributed by atoms with Crippen molar-refractivity contribution >= 4 is 28.3 Å². The van der Waals surface area contributed by atoms with Gasteiger partial charge in [-0.25, -0.2) is 8.42 Å². The fourth-order valence-electron chi connectivity index (χ4n) is 3.79. The van der Waals surface area contributed by atoms with E-state index in [1.54, 1.807) is 28.6 Å². The Morgan fingerprint density at radius 2 is 1.79 bits per heavy atom. The Balaban J connectivity index is 0.00000280. The minimum atomic E-state index is -3.55. The second-order valence-electron chi connectivity index (χ2n) is 7.35. The number of carbonyl (C=O) groups excluding carboxylic acids is 1. The van der Waals surface area contributed by atoms with Crippen LogP contribution < -0.4 is 11.1 Å². The molecule has 0 aliphatic carbocycles. The average molecular weight is 432 g/mol. The first kappa shape index (κ1) is 23.1. The molecular formula is C19H30ClN3O4S. The summed E-state index contributed by atoms with van der Waals surface area (Å²) in [5.74, 6) is -0.126. The summed E-state index contributed by atoms with van der Waals surface area (Å²) in [6.07, 6.45) is 4.01. The van der Waals surface area contributed by atoms with Crippen LogP contribution in [0.3, 0.4) is 0 Å². The fourth-order valence-corrected chi connectivity index (χ4v) is 5.53. The largest absolute Gasteiger partial charge is 0.381 e. The molecule has 0 radical (unpaired) electrons. The maximum Gasteiger partial charge on any atom is 0.243 e. The van der Waals surface area contributed by atoms with Gasteiger partial charge in [-0.1, -0.05) is 24.6 Å². The van der Waals surface area contributed by atoms with Gasteiger partial charge in [0.1, 0.15) is 0 Å². The van der Waals surface area contributed by atoms with Gasteiger partial charge >= 0.3 is 0 Å². The van der Waals surface area contributed by atoms with Crippen LogP contribution >= 0.6 is 12.4 Å². The van der Waals surface area contributed by atoms with E-state index >= 15 is 0 Å². The van der Waals surface area contributed by atoms with E-state index in [2.05, 4.69) is 5.32 Å². The standard InChI is InChI=1S/C19H29N3O4S.ClH/c20-15-19(8-12-26-13-9-19)18(23)21-14-16-6-2-3-7-17(16)27(24,25)22-10-4-1-5-11-22;/h2-3,6-7H,1,4-5,8-15,20H2,(H,21,23);1H. The number of hydrogen-bond donors (Lipinski definition) is 2. The smallest absolute Gasteiger partial charge is 0.243 e. The Morgan fingerprint density at radius 3 is 2.43 bits per heavy atom. The number of piperidine rings is 1. The van der Waals surface area contributed by atoms with Crippen molar-refractivity contribution in [2.75, 3.05) is 32.8 Å². The molecule has 1 aromatic carbocycles. The van der Waals surface area contributed by atoms with Crippen LogP contribution in [-0.4, -0.2) is 51.5 Å². The fraction of sp³-hybridized carbons (Fsp3) is 0.632. The molecule has 9 heteroatoms. The number of sulfonamides is 1. The summed E-state index contributed by atoms with van der Waals surface area (Å²) in [5.41, 5.74) is 5.87. The minimum absolute atomic E-state index is 0. The van der Waals surface area contributed by atoms with Crippen molar-refractivity contribution in [1.29, 1.82) is 0 Å². The number of carbonyl (C=O) groups is 1. The molecule has 7 nitrogen and oxygen atoms in total. The zero-order valence-corrected chi connectivity index (χ0v) is 17.7. The first-order valence-electron chi connectivity index (χ1n) is 9.64. The van der Waals surface area contributed by atoms with Crippen molar-refractivity contribution in [3.8, 4) is 0 Å². The highest BCUT2D eigenvalue weighted by Gasteiger charge is 2.38. The third-order valence-corrected chi connectivity index (χ3v) is 7.67. The van der Waals surface area contributed by atoms with Crippen molar-refractivity contribution in [1.82, 2.24) is 9.62 Å². The lowest BCUT2D eigenvalue weighted by molar-refractivity contribution is -0.136. The molecule has 3 rings (SSSR count). The van der Waals surface area contributed by atoms with Gasteiger partial charge in [-0.3, -0.25) is 4.79 Å². The summed E-state index contributed by atoms with van der Waals surface area (Å²) in [5, 5.41) is 2.92. The Hall–Kier alpha value is -1.19. The zero-order valence-electron chi connectivity index (χ0n) is 16.1. The summed E-state index contributed by atoms with van der Waals surface area (Å²) in [6, 6.07) is 6.90. The van der Waals surface area contributed by atoms with Crippen molar-refractivity contribution < 1.29 is 17.9 Å². The molecule has 0 aromatic heterocycles. The molecular weight excluding hydrogens is 402 g/mol. The van der Waals surface area contributed by atoms with E-state index in [1.165, 1.54) is 0 Å². The molecule has 2 aliphatic rings. The lowest BCUT2D eigenvalue weighted by atomic mass is 9.79. The van der Waals surface area contributed by atoms with E-state index in [4.69, 9.17) is 10.5 Å². The Labute approximate surface area is 173 Å². The van der Waals surface area contributed by atoms with E-state index in [1.807, 2.05) is 0 Å². The number of rotatable bonds is 6. The SMILES string of the molecule is Cl.NCC1(C(=O)NCc2ccccc2S(=O)(=O)N2CCCCC2)CCOCC1. The van der Waals surface area contributed by atoms with E-state index in [0.29, 0.717) is 44.7 Å². The van der Waals surface area contributed by atoms with Crippen LogP contribution in [0.4, 0.5) is 0 Å². The highest BCUT2D eigenvalue weighted by atomic mass is 35.5. The van der Waals surface area contributed by atoms with Gasteiger partial charge in [-0.2, -0.15) is 4.31 Å². The molecule has 0 spiro atoms. The first-order valence-corrected chi connectivity index (χ1v) is 11.1. The van der Waals surface area contributed by atoms with Crippen molar-refractivity contribution in [3.05, 3.63) is 29.8 Å². The Morgan fingerprint density at radius 1 is 1.14 bits per heavy atom. The summed E-state index contributed by atoms with van der Waals surface area (Å²) < 4.78 is 33.0. The Bertz CT molecular complexity index is 760. The second kappa shape index (κ2) is 10.0. The average Bonchev–Trinajstić information content (AvgIpc) is 2.73. The first-order chi connectivity index (χ1) is 13.0. The van der Waals surface area contributed by atoms with Crippen LogP contribution in [0.1, 0.15) is 37.7 Å². The number of nitrogens with two attached hydrogens (primary N) is 1. The number of halogens is 1. The predicted octanol–water partition coefficient (Wildman–Crippen LogP) is 1.65. The third kappa shape index (κ3) is 4.86. The van der Waals surface area contributed by atoms with Gasteiger partial charge in [-0.15, -0.1) is 12.4 Å². The minimum Gasteiger partial charge on any atom is -0.381 e. The molecule has 28 heavy (non-hydrogen) atoms. The van der Waals surface area contributed by atoms with Gasteiger partial charge in [0.05, 0.1) is 10.3 Å². The van der Waals surface area contributed by atoms with E-state index < -0.39 is 15.4 Å². The molecule has 158 valence electrons. The van der Waals surface area contributed by atoms with Crippen molar-refractivity contribution in [2.24, 2.45) is 11.1 Å². The summed E-state index contributed by atoms with van der Waals surface area (Å²) in [6.45, 7) is 2.58. The molecule has 3 N–H and O–H groups in total. The molecule has 2 aliphatic heterocycles. The third-order valence-electron chi connectivity index (χ3n) is 5.67. The number of ether oxygens (including phenoxy) is 1. The normalized spacial score (nSPS) is 20.2. The van der Waals surface area contributed by atoms with Gasteiger partial charge < -0.3 is 15.8 Å². The van der Waals surface area contributed by atoms with E-state index in [-0.39, 0.29) is 36.3 Å². The maximum absolute atomic E-state index is 13.1. The summed E-state index contributed by atoms with van der Waals surface area (Å²) >= 11 is 0. The van der Waals surface area contributed by atoms with Crippen LogP contribution in [0, 0.1) is 5.41 Å². The predicted molar refractivity (Wildman–Crippen MR) is 110 cm³/mol. The topological polar surface area (TPSA) is 102 Å². The lowest BCUT2D eigenvalue weighted by Crippen LogP contribution is -2.49. The van der Waals surface area contributed by atoms with Crippen LogP contribution in [0.5, 0.6) is 0 Å². The second-order valence-corrected chi connectivity index (χ2v) is 9.26. The van der Waals surface area contributed by atoms with Gasteiger partial charge in [-0.05, 0) is 37.3 Å². The lowest BCUT2D eigenvalue weighted by Gasteiger charge is -2.34. The van der Waals surface area contributed by atoms with Gasteiger partial charge in [0.2, 0.25) is 15.9 Å². The number of hydrogen-bond acceptors (Lipinski definition) is 5. The monoisotopic (exact) mass is 431 g/mol. The molecule has 2 saturated heterocycles. The molecule has 1 amide bonds. The van der Waals surface area contributed by atoms with Crippen molar-refractivity contribution in [2.45, 2.75) is 43.5 Å². The summed E-state index contributed by atoms with van der Waals surface area (Å²) in [7, 11) is -3.55. The zero-order chi connectivity index (χ0) is 19.3. The molecule has 0 saturated carbocycles. The number of benzene rings is 1. The molecule has 0 atom stereocenters. The Kier molecular flexibility index (Phi) is 8.27. The van der Waals surface area contributed by atoms with Gasteiger partial charge in [0.15, 0.2) is 0 Å². The van der Waals surface area contributed by atoms with Crippen molar-refractivity contribution in [3.63, 3.8) is 0 Å². The van der Waals surface area contributed by atoms with E-state index in [9.17, 15) is 13.2 Å². The molecule has 2 fully saturated rings. The highest BCUT2D eigenvalue weighted by Crippen LogP contribution is 2.30. The van der Waals surface area contributed by atoms with Gasteiger partial charge in [0, 0.05) is 39.4 Å². The maximum atomic E-state index is 13.1. The van der Waals surface area contributed by atoms with Crippen LogP contribution in [-0.2, 0) is 26.1 Å². The quantitative estimate of drug-likeness (QED) is 0.713. The number of nitrogens with zero attached hydrogens (tertiary/aromatic N) is 1. The van der Waals surface area contributed by atoms with Gasteiger partial charge in [0.25, 0.3) is 0 Å². The molecule has 2 heterocycles. The van der Waals surface area contributed by atoms with E-state index in [0.717, 1.165) is 19.3 Å². The molecule has 0 unspecified atom stereocenters. The number of amides is 1. The van der Waals surface area contributed by atoms with Crippen LogP contribution in [0.15, 0.2) is 29.2 Å². The highest BCUT2D eigenvalue weighted by molar-refractivity contribution is 7.89. The molecule has 0 bridgehead atoms. The van der Waals surface area contributed by atoms with Crippen LogP contribution in [0.2, 0.25) is 0 Å². The summed E-state index contributed by atoms with van der Waals surface area (Å²) in [4.78, 5) is 13.1. The number of nitrogens with one attached hydrogen (secondary N) is 1.